The average Bonchev–Trinajstić information content (AvgIpc) is 3.96. The van der Waals surface area contributed by atoms with Gasteiger partial charge in [0, 0.05) is 50.4 Å². The molecule has 0 amide bonds. The molecule has 297 valence electrons. The van der Waals surface area contributed by atoms with E-state index in [1.54, 1.807) is 0 Å². The van der Waals surface area contributed by atoms with Crippen molar-refractivity contribution in [3.8, 4) is 44.5 Å². The Morgan fingerprint density at radius 1 is 0.361 bits per heavy atom. The van der Waals surface area contributed by atoms with E-state index < -0.39 is 0 Å². The fourth-order valence-corrected chi connectivity index (χ4v) is 7.98. The van der Waals surface area contributed by atoms with Crippen LogP contribution in [0.2, 0.25) is 0 Å². The number of hydrogen-bond donors (Lipinski definition) is 0. The third-order valence-electron chi connectivity index (χ3n) is 10.9. The van der Waals surface area contributed by atoms with Crippen molar-refractivity contribution in [3.05, 3.63) is 249 Å². The second-order valence-corrected chi connectivity index (χ2v) is 14.7. The summed E-state index contributed by atoms with van der Waals surface area (Å²) in [5.41, 5.74) is 14.4. The van der Waals surface area contributed by atoms with Crippen LogP contribution >= 0.6 is 0 Å². The molecule has 0 aliphatic carbocycles. The van der Waals surface area contributed by atoms with Crippen molar-refractivity contribution in [1.29, 1.82) is 0 Å². The number of anilines is 2. The molecule has 0 spiro atoms. The van der Waals surface area contributed by atoms with Crippen LogP contribution in [-0.2, 0) is 22.4 Å². The van der Waals surface area contributed by atoms with Crippen molar-refractivity contribution in [2.75, 3.05) is 9.91 Å². The van der Waals surface area contributed by atoms with Gasteiger partial charge in [0.25, 0.3) is 0 Å². The van der Waals surface area contributed by atoms with Crippen molar-refractivity contribution < 1.29 is 22.4 Å². The maximum Gasteiger partial charge on any atom is 0.129 e. The van der Waals surface area contributed by atoms with Gasteiger partial charge < -0.3 is 14.9 Å². The van der Waals surface area contributed by atoms with Crippen LogP contribution in [0, 0.1) is 6.67 Å². The minimum absolute atomic E-state index is 0. The van der Waals surface area contributed by atoms with Crippen molar-refractivity contribution >= 4 is 39.0 Å². The summed E-state index contributed by atoms with van der Waals surface area (Å²) >= 11 is 0. The summed E-state index contributed by atoms with van der Waals surface area (Å²) < 4.78 is 0. The maximum absolute atomic E-state index is 5.38. The molecule has 1 aliphatic heterocycles. The summed E-state index contributed by atoms with van der Waals surface area (Å²) in [5.74, 6) is 0.858. The fourth-order valence-electron chi connectivity index (χ4n) is 7.98. The first kappa shape index (κ1) is 39.3. The summed E-state index contributed by atoms with van der Waals surface area (Å²) in [6.07, 6.45) is 0. The van der Waals surface area contributed by atoms with Crippen LogP contribution in [0.3, 0.4) is 0 Å². The summed E-state index contributed by atoms with van der Waals surface area (Å²) in [7, 11) is 0. The summed E-state index contributed by atoms with van der Waals surface area (Å²) in [6, 6.07) is 82.6. The van der Waals surface area contributed by atoms with E-state index in [1.165, 1.54) is 21.9 Å². The molecule has 0 fully saturated rings. The normalized spacial score (nSPS) is 12.1. The topological polar surface area (TPSA) is 32.9 Å². The smallest absolute Gasteiger partial charge is 0.129 e. The Morgan fingerprint density at radius 3 is 1.21 bits per heavy atom. The molecule has 0 N–H and O–H groups in total. The minimum atomic E-state index is 0. The summed E-state index contributed by atoms with van der Waals surface area (Å²) in [4.78, 5) is 6.74. The zero-order valence-corrected chi connectivity index (χ0v) is 35.4. The molecule has 1 aromatic heterocycles. The standard InChI is InChI=1S/C44H32N3.C12H8N.Au/c1-6-17-33(18-7-1)38-29-39(34-19-8-2-9-20-34)31-40(30-38)46-32-47(45-44(46)37-25-14-5-15-26-37)43-41(35-21-10-3-11-22-35)27-16-28-42(43)36-23-12-4-13-24-36;1-3-7-11-9(5-1)10-6-2-4-8-12(10)13-11;/h1-32H;1-8H;/q2*-1;. The number of para-hydroxylation sites is 3. The van der Waals surface area contributed by atoms with E-state index >= 15 is 0 Å². The number of rotatable bonds is 7. The summed E-state index contributed by atoms with van der Waals surface area (Å²) in [5, 5.41) is 9.94. The SMILES string of the molecule is [Au].c1ccc(C2=NN(c3c(-c4ccccc4)cccc3-c3ccccc3)[CH-]N2c2cc(-c3ccccc3)cc(-c3ccccc3)c2)cc1.c1ccc2c(c1)[n-]c1ccccc12. The number of hydrazone groups is 1. The number of hydrogen-bond acceptors (Lipinski definition) is 3. The largest absolute Gasteiger partial charge is 0.657 e. The first-order chi connectivity index (χ1) is 29.8. The van der Waals surface area contributed by atoms with Crippen LogP contribution in [0.25, 0.3) is 66.3 Å². The molecule has 4 nitrogen and oxygen atoms in total. The fraction of sp³-hybridized carbons (Fsp3) is 0. The van der Waals surface area contributed by atoms with Gasteiger partial charge in [-0.1, -0.05) is 218 Å². The zero-order valence-electron chi connectivity index (χ0n) is 33.2. The van der Waals surface area contributed by atoms with Crippen LogP contribution in [0.15, 0.2) is 242 Å². The Hall–Kier alpha value is -7.21. The molecule has 0 saturated carbocycles. The van der Waals surface area contributed by atoms with E-state index in [0.29, 0.717) is 0 Å². The Bertz CT molecular complexity index is 2890. The van der Waals surface area contributed by atoms with Gasteiger partial charge in [-0.05, 0) is 62.4 Å². The van der Waals surface area contributed by atoms with Gasteiger partial charge >= 0.3 is 0 Å². The molecule has 9 aromatic carbocycles. The van der Waals surface area contributed by atoms with Gasteiger partial charge in [0.15, 0.2) is 0 Å². The number of nitrogens with zero attached hydrogens (tertiary/aromatic N) is 4. The van der Waals surface area contributed by atoms with Crippen molar-refractivity contribution in [3.63, 3.8) is 0 Å². The van der Waals surface area contributed by atoms with Crippen molar-refractivity contribution in [2.45, 2.75) is 0 Å². The molecule has 11 rings (SSSR count). The van der Waals surface area contributed by atoms with E-state index in [0.717, 1.165) is 67.2 Å². The number of aromatic nitrogens is 1. The molecule has 1 aliphatic rings. The molecule has 61 heavy (non-hydrogen) atoms. The summed E-state index contributed by atoms with van der Waals surface area (Å²) in [6.45, 7) is 2.13. The Kier molecular flexibility index (Phi) is 11.6. The molecule has 0 bridgehead atoms. The molecule has 5 heteroatoms. The monoisotopic (exact) mass is 965 g/mol. The molecular weight excluding hydrogens is 926 g/mol. The van der Waals surface area contributed by atoms with E-state index in [2.05, 4.69) is 240 Å². The first-order valence-corrected chi connectivity index (χ1v) is 20.2. The van der Waals surface area contributed by atoms with Gasteiger partial charge in [-0.3, -0.25) is 0 Å². The number of benzene rings is 9. The van der Waals surface area contributed by atoms with Crippen molar-refractivity contribution in [1.82, 2.24) is 4.98 Å². The zero-order chi connectivity index (χ0) is 40.1. The van der Waals surface area contributed by atoms with Gasteiger partial charge in [0.2, 0.25) is 0 Å². The van der Waals surface area contributed by atoms with Gasteiger partial charge in [-0.25, -0.2) is 0 Å². The van der Waals surface area contributed by atoms with E-state index in [-0.39, 0.29) is 22.4 Å². The molecule has 0 saturated heterocycles. The third-order valence-corrected chi connectivity index (χ3v) is 10.9. The number of amidine groups is 1. The van der Waals surface area contributed by atoms with Crippen LogP contribution in [0.5, 0.6) is 0 Å². The Labute approximate surface area is 372 Å². The van der Waals surface area contributed by atoms with E-state index in [1.807, 2.05) is 18.2 Å². The van der Waals surface area contributed by atoms with Crippen LogP contribution in [0.4, 0.5) is 11.4 Å². The van der Waals surface area contributed by atoms with Crippen LogP contribution in [-0.4, -0.2) is 5.84 Å². The quantitative estimate of drug-likeness (QED) is 0.118. The van der Waals surface area contributed by atoms with Gasteiger partial charge in [0.05, 0.1) is 0 Å². The Balaban J connectivity index is 0.000000288. The average molecular weight is 966 g/mol. The van der Waals surface area contributed by atoms with E-state index in [4.69, 9.17) is 5.10 Å². The molecule has 1 radical (unpaired) electrons. The van der Waals surface area contributed by atoms with E-state index in [9.17, 15) is 0 Å². The second kappa shape index (κ2) is 18.0. The maximum atomic E-state index is 5.38. The van der Waals surface area contributed by atoms with Gasteiger partial charge in [0.1, 0.15) is 5.84 Å². The molecule has 10 aromatic rings. The first-order valence-electron chi connectivity index (χ1n) is 20.2. The third kappa shape index (κ3) is 8.21. The van der Waals surface area contributed by atoms with Gasteiger partial charge in [-0.2, -0.15) is 5.10 Å². The van der Waals surface area contributed by atoms with Crippen LogP contribution < -0.4 is 14.9 Å². The van der Waals surface area contributed by atoms with Crippen LogP contribution in [0.1, 0.15) is 5.56 Å². The predicted octanol–water partition coefficient (Wildman–Crippen LogP) is 14.1. The molecule has 2 heterocycles. The number of fused-ring (bicyclic) bond motifs is 3. The van der Waals surface area contributed by atoms with Crippen molar-refractivity contribution in [2.24, 2.45) is 5.10 Å². The minimum Gasteiger partial charge on any atom is -0.657 e. The second-order valence-electron chi connectivity index (χ2n) is 14.7. The van der Waals surface area contributed by atoms with Gasteiger partial charge in [-0.15, -0.1) is 17.7 Å². The Morgan fingerprint density at radius 2 is 0.754 bits per heavy atom. The molecular formula is C56H40AuN4-2. The molecule has 0 unspecified atom stereocenters. The molecule has 0 atom stereocenters. The predicted molar refractivity (Wildman–Crippen MR) is 252 cm³/mol.